The molecule has 1 N–H and O–H groups in total. The van der Waals surface area contributed by atoms with Gasteiger partial charge in [-0.15, -0.1) is 0 Å². The van der Waals surface area contributed by atoms with Crippen molar-refractivity contribution in [3.8, 4) is 11.6 Å². The molecule has 2 aromatic rings. The molecule has 0 aliphatic carbocycles. The van der Waals surface area contributed by atoms with E-state index in [1.807, 2.05) is 0 Å². The average molecular weight is 295 g/mol. The Labute approximate surface area is 117 Å². The summed E-state index contributed by atoms with van der Waals surface area (Å²) in [5.41, 5.74) is -0.556. The number of hydrogen-bond donors (Lipinski definition) is 1. The molecule has 102 valence electrons. The fourth-order valence-corrected chi connectivity index (χ4v) is 1.59. The number of hydrogen-bond acceptors (Lipinski definition) is 5. The third kappa shape index (κ3) is 3.01. The Morgan fingerprint density at radius 2 is 2.10 bits per heavy atom. The van der Waals surface area contributed by atoms with Gasteiger partial charge in [0.15, 0.2) is 5.69 Å². The van der Waals surface area contributed by atoms with Crippen molar-refractivity contribution in [1.82, 2.24) is 4.98 Å². The summed E-state index contributed by atoms with van der Waals surface area (Å²) in [7, 11) is 0. The molecule has 20 heavy (non-hydrogen) atoms. The first-order chi connectivity index (χ1) is 9.47. The summed E-state index contributed by atoms with van der Waals surface area (Å²) >= 11 is 5.68. The summed E-state index contributed by atoms with van der Waals surface area (Å²) in [6, 6.07) is 7.97. The first-order valence-corrected chi connectivity index (χ1v) is 5.67. The van der Waals surface area contributed by atoms with E-state index in [1.54, 1.807) is 0 Å². The molecule has 0 saturated heterocycles. The SMILES string of the molecule is O=C(O)c1cccc(Oc2ccc(Cl)cc2[N+](=O)[O-])n1. The Morgan fingerprint density at radius 1 is 1.35 bits per heavy atom. The van der Waals surface area contributed by atoms with Crippen LogP contribution in [0, 0.1) is 10.1 Å². The zero-order chi connectivity index (χ0) is 14.7. The second-order valence-corrected chi connectivity index (χ2v) is 4.07. The summed E-state index contributed by atoms with van der Waals surface area (Å²) in [6.07, 6.45) is 0. The van der Waals surface area contributed by atoms with Crippen molar-refractivity contribution in [3.05, 3.63) is 57.2 Å². The second kappa shape index (κ2) is 5.54. The van der Waals surface area contributed by atoms with Crippen molar-refractivity contribution in [1.29, 1.82) is 0 Å². The number of nitro groups is 1. The van der Waals surface area contributed by atoms with Crippen LogP contribution in [-0.2, 0) is 0 Å². The minimum absolute atomic E-state index is 0.0599. The smallest absolute Gasteiger partial charge is 0.354 e. The van der Waals surface area contributed by atoms with Crippen molar-refractivity contribution >= 4 is 23.3 Å². The lowest BCUT2D eigenvalue weighted by molar-refractivity contribution is -0.385. The average Bonchev–Trinajstić information content (AvgIpc) is 2.41. The van der Waals surface area contributed by atoms with Crippen LogP contribution < -0.4 is 4.74 Å². The summed E-state index contributed by atoms with van der Waals surface area (Å²) in [5.74, 6) is -1.36. The molecule has 2 rings (SSSR count). The van der Waals surface area contributed by atoms with Crippen LogP contribution >= 0.6 is 11.6 Å². The minimum Gasteiger partial charge on any atom is -0.477 e. The highest BCUT2D eigenvalue weighted by atomic mass is 35.5. The van der Waals surface area contributed by atoms with Gasteiger partial charge in [-0.1, -0.05) is 17.7 Å². The molecule has 0 radical (unpaired) electrons. The van der Waals surface area contributed by atoms with E-state index in [2.05, 4.69) is 4.98 Å². The van der Waals surface area contributed by atoms with Crippen LogP contribution in [0.25, 0.3) is 0 Å². The van der Waals surface area contributed by atoms with Crippen molar-refractivity contribution in [2.75, 3.05) is 0 Å². The molecule has 0 saturated carbocycles. The monoisotopic (exact) mass is 294 g/mol. The topological polar surface area (TPSA) is 103 Å². The fraction of sp³-hybridized carbons (Fsp3) is 0. The molecule has 1 aromatic carbocycles. The molecule has 0 unspecified atom stereocenters. The van der Waals surface area contributed by atoms with Gasteiger partial charge in [-0.25, -0.2) is 9.78 Å². The van der Waals surface area contributed by atoms with Crippen LogP contribution in [0.15, 0.2) is 36.4 Å². The van der Waals surface area contributed by atoms with Crippen LogP contribution in [0.1, 0.15) is 10.5 Å². The highest BCUT2D eigenvalue weighted by molar-refractivity contribution is 6.30. The Hall–Kier alpha value is -2.67. The molecule has 0 amide bonds. The number of aromatic carboxylic acids is 1. The maximum atomic E-state index is 10.9. The molecule has 0 atom stereocenters. The quantitative estimate of drug-likeness (QED) is 0.686. The maximum Gasteiger partial charge on any atom is 0.354 e. The second-order valence-electron chi connectivity index (χ2n) is 3.64. The van der Waals surface area contributed by atoms with Crippen molar-refractivity contribution in [3.63, 3.8) is 0 Å². The van der Waals surface area contributed by atoms with Gasteiger partial charge in [-0.3, -0.25) is 10.1 Å². The summed E-state index contributed by atoms with van der Waals surface area (Å²) in [4.78, 5) is 24.7. The largest absolute Gasteiger partial charge is 0.477 e. The van der Waals surface area contributed by atoms with Crippen LogP contribution in [0.3, 0.4) is 0 Å². The molecular weight excluding hydrogens is 288 g/mol. The number of benzene rings is 1. The summed E-state index contributed by atoms with van der Waals surface area (Å²) < 4.78 is 5.24. The number of halogens is 1. The Kier molecular flexibility index (Phi) is 3.81. The zero-order valence-corrected chi connectivity index (χ0v) is 10.6. The first kappa shape index (κ1) is 13.8. The normalized spacial score (nSPS) is 10.1. The standard InChI is InChI=1S/C12H7ClN2O5/c13-7-4-5-10(9(6-7)15(18)19)20-11-3-1-2-8(14-11)12(16)17/h1-6H,(H,16,17). The molecule has 0 fully saturated rings. The highest BCUT2D eigenvalue weighted by Crippen LogP contribution is 2.32. The maximum absolute atomic E-state index is 10.9. The van der Waals surface area contributed by atoms with Gasteiger partial charge in [0.25, 0.3) is 0 Å². The number of carbonyl (C=O) groups is 1. The van der Waals surface area contributed by atoms with Gasteiger partial charge in [0.05, 0.1) is 4.92 Å². The number of nitro benzene ring substituents is 1. The van der Waals surface area contributed by atoms with E-state index in [9.17, 15) is 14.9 Å². The Morgan fingerprint density at radius 3 is 2.75 bits per heavy atom. The van der Waals surface area contributed by atoms with E-state index < -0.39 is 10.9 Å². The molecular formula is C12H7ClN2O5. The molecule has 1 aromatic heterocycles. The summed E-state index contributed by atoms with van der Waals surface area (Å²) in [6.45, 7) is 0. The van der Waals surface area contributed by atoms with E-state index in [0.29, 0.717) is 0 Å². The van der Waals surface area contributed by atoms with E-state index in [0.717, 1.165) is 6.07 Å². The van der Waals surface area contributed by atoms with E-state index in [-0.39, 0.29) is 28.0 Å². The van der Waals surface area contributed by atoms with Gasteiger partial charge in [-0.05, 0) is 18.2 Å². The molecule has 1 heterocycles. The summed E-state index contributed by atoms with van der Waals surface area (Å²) in [5, 5.41) is 19.9. The third-order valence-corrected chi connectivity index (χ3v) is 2.51. The number of carboxylic acids is 1. The van der Waals surface area contributed by atoms with Gasteiger partial charge in [0.2, 0.25) is 11.6 Å². The molecule has 0 spiro atoms. The van der Waals surface area contributed by atoms with Crippen LogP contribution in [0.5, 0.6) is 11.6 Å². The Balaban J connectivity index is 2.37. The third-order valence-electron chi connectivity index (χ3n) is 2.27. The van der Waals surface area contributed by atoms with Gasteiger partial charge < -0.3 is 9.84 Å². The predicted octanol–water partition coefficient (Wildman–Crippen LogP) is 3.13. The number of pyridine rings is 1. The lowest BCUT2D eigenvalue weighted by Crippen LogP contribution is -2.01. The number of rotatable bonds is 4. The van der Waals surface area contributed by atoms with E-state index >= 15 is 0 Å². The first-order valence-electron chi connectivity index (χ1n) is 5.29. The molecule has 0 bridgehead atoms. The van der Waals surface area contributed by atoms with Crippen molar-refractivity contribution in [2.24, 2.45) is 0 Å². The van der Waals surface area contributed by atoms with Gasteiger partial charge in [0.1, 0.15) is 0 Å². The van der Waals surface area contributed by atoms with Gasteiger partial charge in [0, 0.05) is 17.2 Å². The number of aromatic nitrogens is 1. The van der Waals surface area contributed by atoms with Crippen LogP contribution in [-0.4, -0.2) is 21.0 Å². The number of nitrogens with zero attached hydrogens (tertiary/aromatic N) is 2. The fourth-order valence-electron chi connectivity index (χ4n) is 1.42. The lowest BCUT2D eigenvalue weighted by Gasteiger charge is -2.06. The van der Waals surface area contributed by atoms with E-state index in [1.165, 1.54) is 30.3 Å². The highest BCUT2D eigenvalue weighted by Gasteiger charge is 2.17. The molecule has 0 aliphatic heterocycles. The van der Waals surface area contributed by atoms with Crippen molar-refractivity contribution < 1.29 is 19.6 Å². The predicted molar refractivity (Wildman–Crippen MR) is 69.4 cm³/mol. The minimum atomic E-state index is -1.22. The van der Waals surface area contributed by atoms with Gasteiger partial charge >= 0.3 is 11.7 Å². The molecule has 8 heteroatoms. The van der Waals surface area contributed by atoms with Gasteiger partial charge in [-0.2, -0.15) is 0 Å². The van der Waals surface area contributed by atoms with E-state index in [4.69, 9.17) is 21.4 Å². The zero-order valence-electron chi connectivity index (χ0n) is 9.82. The van der Waals surface area contributed by atoms with Crippen molar-refractivity contribution in [2.45, 2.75) is 0 Å². The molecule has 7 nitrogen and oxygen atoms in total. The van der Waals surface area contributed by atoms with Crippen LogP contribution in [0.4, 0.5) is 5.69 Å². The lowest BCUT2D eigenvalue weighted by atomic mass is 10.3. The number of ether oxygens (including phenoxy) is 1. The molecule has 0 aliphatic rings. The number of carboxylic acid groups (broad SMARTS) is 1. The Bertz CT molecular complexity index is 689. The van der Waals surface area contributed by atoms with Crippen LogP contribution in [0.2, 0.25) is 5.02 Å².